The molecule has 2 aromatic carbocycles. The zero-order chi connectivity index (χ0) is 20.1. The van der Waals surface area contributed by atoms with Gasteiger partial charge in [-0.05, 0) is 52.7 Å². The van der Waals surface area contributed by atoms with Crippen LogP contribution in [0.15, 0.2) is 79.6 Å². The Kier molecular flexibility index (Phi) is 6.50. The molecule has 144 valence electrons. The highest BCUT2D eigenvalue weighted by Gasteiger charge is 2.37. The molecule has 2 rings (SSSR count). The monoisotopic (exact) mass is 380 g/mol. The van der Waals surface area contributed by atoms with E-state index in [2.05, 4.69) is 52.6 Å². The first kappa shape index (κ1) is 21.2. The molecule has 2 aromatic rings. The minimum Gasteiger partial charge on any atom is -0.549 e. The van der Waals surface area contributed by atoms with Crippen molar-refractivity contribution < 1.29 is 9.53 Å². The maximum absolute atomic E-state index is 11.2. The van der Waals surface area contributed by atoms with Gasteiger partial charge in [0.1, 0.15) is 5.60 Å². The lowest BCUT2D eigenvalue weighted by atomic mass is 9.88. The van der Waals surface area contributed by atoms with E-state index < -0.39 is 13.9 Å². The van der Waals surface area contributed by atoms with Crippen LogP contribution in [0, 0.1) is 0 Å². The molecule has 0 amide bonds. The van der Waals surface area contributed by atoms with Crippen LogP contribution in [0.1, 0.15) is 32.8 Å². The number of hydrogen-bond donors (Lipinski definition) is 1. The summed E-state index contributed by atoms with van der Waals surface area (Å²) in [6, 6.07) is 14.2. The van der Waals surface area contributed by atoms with E-state index in [9.17, 15) is 5.11 Å². The maximum atomic E-state index is 11.2. The summed E-state index contributed by atoms with van der Waals surface area (Å²) in [5.41, 5.74) is -0.233. The van der Waals surface area contributed by atoms with Crippen LogP contribution in [0.3, 0.4) is 0 Å². The fraction of sp³-hybridized carbons (Fsp3) is 0.333. The van der Waals surface area contributed by atoms with E-state index in [4.69, 9.17) is 4.43 Å². The molecule has 1 atom stereocenters. The van der Waals surface area contributed by atoms with Crippen molar-refractivity contribution in [2.45, 2.75) is 50.9 Å². The molecule has 0 aliphatic heterocycles. The molecular weight excluding hydrogens is 348 g/mol. The van der Waals surface area contributed by atoms with Crippen LogP contribution in [0.5, 0.6) is 0 Å². The normalized spacial score (nSPS) is 15.3. The molecule has 0 fully saturated rings. The van der Waals surface area contributed by atoms with Crippen LogP contribution in [-0.4, -0.2) is 13.4 Å². The van der Waals surface area contributed by atoms with E-state index in [1.54, 1.807) is 12.3 Å². The third-order valence-electron chi connectivity index (χ3n) is 5.44. The van der Waals surface area contributed by atoms with Crippen molar-refractivity contribution in [1.82, 2.24) is 0 Å². The van der Waals surface area contributed by atoms with Gasteiger partial charge in [0.05, 0.1) is 6.26 Å². The Bertz CT molecular complexity index is 843. The predicted molar refractivity (Wildman–Crippen MR) is 119 cm³/mol. The standard InChI is InChI=1S/C24H32O2Si/c1-7-16-24(25,17-10-11-18-26-27(5,6)23(2,3)4)22-15-14-20-12-8-9-13-21(20)19-22/h7-15,17-19,25H,1,16H2,2-6H3/b17-10+,18-11-/t24-/m0/s1. The smallest absolute Gasteiger partial charge is 0.249 e. The van der Waals surface area contributed by atoms with E-state index in [-0.39, 0.29) is 5.04 Å². The molecule has 0 bridgehead atoms. The molecule has 0 spiro atoms. The second-order valence-electron chi connectivity index (χ2n) is 8.54. The Morgan fingerprint density at radius 3 is 2.33 bits per heavy atom. The molecule has 3 heteroatoms. The molecule has 0 aromatic heterocycles. The highest BCUT2D eigenvalue weighted by molar-refractivity contribution is 6.74. The van der Waals surface area contributed by atoms with Gasteiger partial charge >= 0.3 is 0 Å². The summed E-state index contributed by atoms with van der Waals surface area (Å²) in [6.07, 6.45) is 9.46. The lowest BCUT2D eigenvalue weighted by molar-refractivity contribution is 0.0931. The third kappa shape index (κ3) is 5.21. The van der Waals surface area contributed by atoms with Gasteiger partial charge in [-0.3, -0.25) is 0 Å². The van der Waals surface area contributed by atoms with Gasteiger partial charge in [0, 0.05) is 6.42 Å². The van der Waals surface area contributed by atoms with E-state index in [1.807, 2.05) is 48.6 Å². The highest BCUT2D eigenvalue weighted by atomic mass is 28.4. The molecule has 27 heavy (non-hydrogen) atoms. The fourth-order valence-corrected chi connectivity index (χ4v) is 3.38. The predicted octanol–water partition coefficient (Wildman–Crippen LogP) is 6.70. The van der Waals surface area contributed by atoms with Crippen LogP contribution in [0.4, 0.5) is 0 Å². The molecule has 0 radical (unpaired) electrons. The number of allylic oxidation sites excluding steroid dienone is 2. The number of benzene rings is 2. The summed E-state index contributed by atoms with van der Waals surface area (Å²) in [7, 11) is -1.81. The van der Waals surface area contributed by atoms with Crippen LogP contribution in [-0.2, 0) is 10.0 Å². The Morgan fingerprint density at radius 2 is 1.70 bits per heavy atom. The van der Waals surface area contributed by atoms with Crippen LogP contribution in [0.2, 0.25) is 18.1 Å². The van der Waals surface area contributed by atoms with Crippen molar-refractivity contribution >= 4 is 19.1 Å². The summed E-state index contributed by atoms with van der Waals surface area (Å²) in [6.45, 7) is 14.9. The van der Waals surface area contributed by atoms with E-state index in [0.29, 0.717) is 6.42 Å². The number of rotatable bonds is 7. The second-order valence-corrected chi connectivity index (χ2v) is 13.3. The van der Waals surface area contributed by atoms with E-state index >= 15 is 0 Å². The van der Waals surface area contributed by atoms with Gasteiger partial charge in [-0.15, -0.1) is 6.58 Å². The molecule has 0 aliphatic rings. The first-order chi connectivity index (χ1) is 12.6. The minimum absolute atomic E-state index is 0.162. The lowest BCUT2D eigenvalue weighted by Gasteiger charge is -2.34. The molecule has 0 aliphatic carbocycles. The van der Waals surface area contributed by atoms with E-state index in [0.717, 1.165) is 16.3 Å². The average Bonchev–Trinajstić information content (AvgIpc) is 2.60. The Hall–Kier alpha value is -2.10. The summed E-state index contributed by atoms with van der Waals surface area (Å²) in [5, 5.41) is 13.6. The molecule has 0 saturated carbocycles. The molecule has 0 saturated heterocycles. The minimum atomic E-state index is -1.81. The molecule has 0 heterocycles. The largest absolute Gasteiger partial charge is 0.549 e. The fourth-order valence-electron chi connectivity index (χ4n) is 2.61. The van der Waals surface area contributed by atoms with Crippen molar-refractivity contribution in [3.05, 3.63) is 85.2 Å². The number of fused-ring (bicyclic) bond motifs is 1. The van der Waals surface area contributed by atoms with Crippen molar-refractivity contribution in [3.8, 4) is 0 Å². The zero-order valence-electron chi connectivity index (χ0n) is 17.2. The highest BCUT2D eigenvalue weighted by Crippen LogP contribution is 2.36. The Labute approximate surface area is 165 Å². The number of aliphatic hydroxyl groups is 1. The molecule has 1 N–H and O–H groups in total. The van der Waals surface area contributed by atoms with Crippen molar-refractivity contribution in [1.29, 1.82) is 0 Å². The van der Waals surface area contributed by atoms with E-state index in [1.165, 1.54) is 0 Å². The van der Waals surface area contributed by atoms with Gasteiger partial charge in [-0.25, -0.2) is 0 Å². The zero-order valence-corrected chi connectivity index (χ0v) is 18.2. The first-order valence-electron chi connectivity index (χ1n) is 9.44. The van der Waals surface area contributed by atoms with Crippen molar-refractivity contribution in [3.63, 3.8) is 0 Å². The Balaban J connectivity index is 2.21. The average molecular weight is 381 g/mol. The van der Waals surface area contributed by atoms with Gasteiger partial charge in [0.25, 0.3) is 0 Å². The summed E-state index contributed by atoms with van der Waals surface area (Å²) < 4.78 is 6.04. The summed E-state index contributed by atoms with van der Waals surface area (Å²) in [5.74, 6) is 0. The van der Waals surface area contributed by atoms with Crippen molar-refractivity contribution in [2.24, 2.45) is 0 Å². The molecular formula is C24H32O2Si. The SMILES string of the molecule is C=CC[C@](O)(/C=C/C=C\O[Si](C)(C)C(C)(C)C)c1ccc2ccccc2c1. The van der Waals surface area contributed by atoms with Gasteiger partial charge in [-0.2, -0.15) is 0 Å². The molecule has 0 unspecified atom stereocenters. The number of hydrogen-bond acceptors (Lipinski definition) is 2. The first-order valence-corrected chi connectivity index (χ1v) is 12.3. The van der Waals surface area contributed by atoms with Crippen LogP contribution < -0.4 is 0 Å². The summed E-state index contributed by atoms with van der Waals surface area (Å²) in [4.78, 5) is 0. The van der Waals surface area contributed by atoms with Crippen molar-refractivity contribution in [2.75, 3.05) is 0 Å². The lowest BCUT2D eigenvalue weighted by Crippen LogP contribution is -2.39. The second kappa shape index (κ2) is 8.28. The Morgan fingerprint density at radius 1 is 1.04 bits per heavy atom. The summed E-state index contributed by atoms with van der Waals surface area (Å²) >= 11 is 0. The maximum Gasteiger partial charge on any atom is 0.249 e. The van der Waals surface area contributed by atoms with Crippen LogP contribution in [0.25, 0.3) is 10.8 Å². The van der Waals surface area contributed by atoms with Crippen LogP contribution >= 0.6 is 0 Å². The van der Waals surface area contributed by atoms with Gasteiger partial charge in [0.15, 0.2) is 0 Å². The van der Waals surface area contributed by atoms with Gasteiger partial charge in [0.2, 0.25) is 8.32 Å². The quantitative estimate of drug-likeness (QED) is 0.251. The third-order valence-corrected chi connectivity index (χ3v) is 9.77. The van der Waals surface area contributed by atoms with Gasteiger partial charge in [-0.1, -0.05) is 69.3 Å². The topological polar surface area (TPSA) is 29.5 Å². The van der Waals surface area contributed by atoms with Gasteiger partial charge < -0.3 is 9.53 Å². The molecule has 2 nitrogen and oxygen atoms in total.